The molecular weight excluding hydrogens is 534 g/mol. The van der Waals surface area contributed by atoms with Crippen LogP contribution in [0.15, 0.2) is 130 Å². The molecular formula is C34H22ClN3O3. The van der Waals surface area contributed by atoms with Gasteiger partial charge in [-0.2, -0.15) is 9.78 Å². The molecule has 0 radical (unpaired) electrons. The van der Waals surface area contributed by atoms with Gasteiger partial charge in [0.05, 0.1) is 17.1 Å². The van der Waals surface area contributed by atoms with E-state index in [0.29, 0.717) is 39.7 Å². The lowest BCUT2D eigenvalue weighted by molar-refractivity contribution is 0.307. The number of fused-ring (bicyclic) bond motifs is 3. The van der Waals surface area contributed by atoms with Crippen molar-refractivity contribution in [1.82, 2.24) is 9.66 Å². The molecule has 0 aliphatic carbocycles. The van der Waals surface area contributed by atoms with Gasteiger partial charge in [-0.15, -0.1) is 0 Å². The summed E-state index contributed by atoms with van der Waals surface area (Å²) in [4.78, 5) is 18.2. The number of furan rings is 1. The number of aromatic nitrogens is 2. The fourth-order valence-electron chi connectivity index (χ4n) is 4.87. The van der Waals surface area contributed by atoms with Gasteiger partial charge in [0.1, 0.15) is 17.9 Å². The van der Waals surface area contributed by atoms with Crippen LogP contribution in [0.2, 0.25) is 5.02 Å². The molecule has 0 bridgehead atoms. The lowest BCUT2D eigenvalue weighted by Crippen LogP contribution is -2.20. The van der Waals surface area contributed by atoms with E-state index in [2.05, 4.69) is 29.4 Å². The summed E-state index contributed by atoms with van der Waals surface area (Å²) >= 11 is 6.17. The Morgan fingerprint density at radius 3 is 2.49 bits per heavy atom. The van der Waals surface area contributed by atoms with Crippen LogP contribution in [-0.2, 0) is 6.61 Å². The second-order valence-electron chi connectivity index (χ2n) is 9.60. The summed E-state index contributed by atoms with van der Waals surface area (Å²) in [5, 5.41) is 8.77. The molecule has 0 amide bonds. The summed E-state index contributed by atoms with van der Waals surface area (Å²) in [6, 6.07) is 36.4. The molecule has 7 rings (SSSR count). The second kappa shape index (κ2) is 10.4. The van der Waals surface area contributed by atoms with E-state index >= 15 is 0 Å². The van der Waals surface area contributed by atoms with E-state index in [0.717, 1.165) is 22.3 Å². The Bertz CT molecular complexity index is 2140. The summed E-state index contributed by atoms with van der Waals surface area (Å²) in [7, 11) is 0. The first-order chi connectivity index (χ1) is 20.1. The van der Waals surface area contributed by atoms with Crippen LogP contribution in [0.4, 0.5) is 0 Å². The van der Waals surface area contributed by atoms with Crippen molar-refractivity contribution < 1.29 is 9.15 Å². The van der Waals surface area contributed by atoms with Gasteiger partial charge >= 0.3 is 0 Å². The maximum absolute atomic E-state index is 13.5. The highest BCUT2D eigenvalue weighted by molar-refractivity contribution is 6.31. The maximum Gasteiger partial charge on any atom is 0.282 e. The van der Waals surface area contributed by atoms with E-state index in [4.69, 9.17) is 25.7 Å². The number of ether oxygens (including phenoxy) is 1. The predicted octanol–water partition coefficient (Wildman–Crippen LogP) is 8.08. The van der Waals surface area contributed by atoms with Crippen molar-refractivity contribution in [3.05, 3.63) is 142 Å². The molecule has 0 aliphatic rings. The zero-order valence-corrected chi connectivity index (χ0v) is 22.5. The summed E-state index contributed by atoms with van der Waals surface area (Å²) in [5.41, 5.74) is 2.82. The van der Waals surface area contributed by atoms with Gasteiger partial charge in [0.2, 0.25) is 5.82 Å². The Morgan fingerprint density at radius 2 is 1.61 bits per heavy atom. The second-order valence-corrected chi connectivity index (χ2v) is 10.0. The number of halogens is 1. The Kier molecular flexibility index (Phi) is 6.30. The van der Waals surface area contributed by atoms with Crippen LogP contribution in [-0.4, -0.2) is 15.9 Å². The van der Waals surface area contributed by atoms with E-state index in [1.54, 1.807) is 42.6 Å². The van der Waals surface area contributed by atoms with Crippen molar-refractivity contribution >= 4 is 50.5 Å². The molecule has 0 atom stereocenters. The number of hydrogen-bond donors (Lipinski definition) is 0. The van der Waals surface area contributed by atoms with Gasteiger partial charge in [-0.05, 0) is 82.6 Å². The molecule has 41 heavy (non-hydrogen) atoms. The molecule has 5 aromatic carbocycles. The topological polar surface area (TPSA) is 69.6 Å². The van der Waals surface area contributed by atoms with Crippen LogP contribution >= 0.6 is 11.6 Å². The van der Waals surface area contributed by atoms with Crippen LogP contribution < -0.4 is 10.3 Å². The van der Waals surface area contributed by atoms with Gasteiger partial charge in [0, 0.05) is 10.4 Å². The van der Waals surface area contributed by atoms with Crippen LogP contribution in [0.1, 0.15) is 11.1 Å². The zero-order valence-electron chi connectivity index (χ0n) is 21.7. The minimum Gasteiger partial charge on any atom is -0.489 e. The van der Waals surface area contributed by atoms with Crippen molar-refractivity contribution in [2.75, 3.05) is 0 Å². The molecule has 0 fully saturated rings. The average Bonchev–Trinajstić information content (AvgIpc) is 3.43. The van der Waals surface area contributed by atoms with Gasteiger partial charge < -0.3 is 9.15 Å². The van der Waals surface area contributed by atoms with Crippen molar-refractivity contribution in [2.45, 2.75) is 6.61 Å². The highest BCUT2D eigenvalue weighted by Gasteiger charge is 2.16. The molecule has 6 nitrogen and oxygen atoms in total. The number of benzene rings is 5. The maximum atomic E-state index is 13.5. The minimum absolute atomic E-state index is 0.296. The van der Waals surface area contributed by atoms with Crippen molar-refractivity contribution in [3.8, 4) is 17.3 Å². The molecule has 0 saturated heterocycles. The Hall–Kier alpha value is -5.20. The molecule has 0 unspecified atom stereocenters. The highest BCUT2D eigenvalue weighted by Crippen LogP contribution is 2.29. The van der Waals surface area contributed by atoms with Crippen LogP contribution in [0, 0.1) is 0 Å². The number of para-hydroxylation sites is 1. The Balaban J connectivity index is 1.19. The summed E-state index contributed by atoms with van der Waals surface area (Å²) in [5.74, 6) is 1.45. The lowest BCUT2D eigenvalue weighted by Gasteiger charge is -2.09. The van der Waals surface area contributed by atoms with Crippen LogP contribution in [0.5, 0.6) is 5.75 Å². The molecule has 7 aromatic rings. The number of hydrogen-bond acceptors (Lipinski definition) is 5. The van der Waals surface area contributed by atoms with Gasteiger partial charge in [-0.1, -0.05) is 66.2 Å². The van der Waals surface area contributed by atoms with E-state index < -0.39 is 0 Å². The van der Waals surface area contributed by atoms with Crippen molar-refractivity contribution in [1.29, 1.82) is 0 Å². The molecule has 0 saturated carbocycles. The fourth-order valence-corrected chi connectivity index (χ4v) is 5.05. The first-order valence-electron chi connectivity index (χ1n) is 13.1. The standard InChI is InChI=1S/C34H22ClN3O3/c35-26-14-17-31-25(18-26)19-32(41-31)33-37-30-11-4-3-10-29(30)34(39)38(33)36-20-22-12-15-27(16-13-22)40-21-24-8-5-7-23-6-1-2-9-28(23)24/h1-20H,21H2. The third-order valence-electron chi connectivity index (χ3n) is 6.93. The van der Waals surface area contributed by atoms with Crippen LogP contribution in [0.3, 0.4) is 0 Å². The van der Waals surface area contributed by atoms with Crippen molar-refractivity contribution in [3.63, 3.8) is 0 Å². The SMILES string of the molecule is O=c1c2ccccc2nc(-c2cc3cc(Cl)ccc3o2)n1N=Cc1ccc(OCc2cccc3ccccc23)cc1. The van der Waals surface area contributed by atoms with E-state index in [1.807, 2.05) is 54.6 Å². The quantitative estimate of drug-likeness (QED) is 0.194. The molecule has 0 aliphatic heterocycles. The van der Waals surface area contributed by atoms with Gasteiger partial charge in [-0.25, -0.2) is 4.98 Å². The van der Waals surface area contributed by atoms with Gasteiger partial charge in [0.25, 0.3) is 5.56 Å². The Morgan fingerprint density at radius 1 is 0.829 bits per heavy atom. The zero-order chi connectivity index (χ0) is 27.8. The summed E-state index contributed by atoms with van der Waals surface area (Å²) in [6.07, 6.45) is 1.62. The highest BCUT2D eigenvalue weighted by atomic mass is 35.5. The Labute approximate surface area is 239 Å². The molecule has 2 heterocycles. The number of rotatable bonds is 6. The van der Waals surface area contributed by atoms with Gasteiger partial charge in [0.15, 0.2) is 5.76 Å². The lowest BCUT2D eigenvalue weighted by atomic mass is 10.1. The first kappa shape index (κ1) is 24.8. The normalized spacial score (nSPS) is 11.6. The summed E-state index contributed by atoms with van der Waals surface area (Å²) in [6.45, 7) is 0.457. The third-order valence-corrected chi connectivity index (χ3v) is 7.16. The smallest absolute Gasteiger partial charge is 0.282 e. The minimum atomic E-state index is -0.296. The van der Waals surface area contributed by atoms with E-state index in [1.165, 1.54) is 15.4 Å². The molecule has 7 heteroatoms. The molecule has 0 spiro atoms. The first-order valence-corrected chi connectivity index (χ1v) is 13.5. The third kappa shape index (κ3) is 4.86. The summed E-state index contributed by atoms with van der Waals surface area (Å²) < 4.78 is 13.4. The predicted molar refractivity (Wildman–Crippen MR) is 164 cm³/mol. The monoisotopic (exact) mass is 555 g/mol. The molecule has 198 valence electrons. The average molecular weight is 556 g/mol. The van der Waals surface area contributed by atoms with E-state index in [9.17, 15) is 4.79 Å². The largest absolute Gasteiger partial charge is 0.489 e. The van der Waals surface area contributed by atoms with Crippen molar-refractivity contribution in [2.24, 2.45) is 5.10 Å². The van der Waals surface area contributed by atoms with E-state index in [-0.39, 0.29) is 5.56 Å². The molecule has 2 aromatic heterocycles. The van der Waals surface area contributed by atoms with Crippen LogP contribution in [0.25, 0.3) is 44.2 Å². The molecule has 0 N–H and O–H groups in total. The van der Waals surface area contributed by atoms with Gasteiger partial charge in [-0.3, -0.25) is 4.79 Å². The fraction of sp³-hybridized carbons (Fsp3) is 0.0294. The number of nitrogens with zero attached hydrogens (tertiary/aromatic N) is 3.